The molecule has 32 heavy (non-hydrogen) atoms. The molecule has 0 fully saturated rings. The van der Waals surface area contributed by atoms with Gasteiger partial charge in [0.15, 0.2) is 5.75 Å². The number of nitrogens with zero attached hydrogens (tertiary/aromatic N) is 2. The van der Waals surface area contributed by atoms with Crippen LogP contribution in [-0.2, 0) is 15.5 Å². The molecular formula is C23H19F3N2O3S. The van der Waals surface area contributed by atoms with Crippen molar-refractivity contribution in [3.63, 3.8) is 0 Å². The molecule has 0 aliphatic rings. The van der Waals surface area contributed by atoms with Gasteiger partial charge < -0.3 is 4.18 Å². The van der Waals surface area contributed by atoms with Gasteiger partial charge in [-0.2, -0.15) is 21.6 Å². The lowest BCUT2D eigenvalue weighted by molar-refractivity contribution is -0.0499. The number of fused-ring (bicyclic) bond motifs is 2. The monoisotopic (exact) mass is 460 g/mol. The second kappa shape index (κ2) is 7.44. The summed E-state index contributed by atoms with van der Waals surface area (Å²) < 4.78 is 67.6. The Morgan fingerprint density at radius 3 is 2.09 bits per heavy atom. The van der Waals surface area contributed by atoms with E-state index in [0.29, 0.717) is 33.2 Å². The fourth-order valence-electron chi connectivity index (χ4n) is 3.33. The maximum atomic E-state index is 13.1. The van der Waals surface area contributed by atoms with Gasteiger partial charge in [0.2, 0.25) is 0 Å². The van der Waals surface area contributed by atoms with Crippen LogP contribution >= 0.6 is 0 Å². The van der Waals surface area contributed by atoms with E-state index in [-0.39, 0.29) is 5.56 Å². The van der Waals surface area contributed by atoms with Crippen molar-refractivity contribution in [2.75, 3.05) is 0 Å². The second-order valence-electron chi connectivity index (χ2n) is 8.31. The van der Waals surface area contributed by atoms with Crippen LogP contribution in [0.1, 0.15) is 26.6 Å². The van der Waals surface area contributed by atoms with Crippen molar-refractivity contribution in [1.82, 2.24) is 9.97 Å². The molecule has 0 radical (unpaired) electrons. The van der Waals surface area contributed by atoms with Gasteiger partial charge in [0.25, 0.3) is 0 Å². The Morgan fingerprint density at radius 1 is 0.812 bits per heavy atom. The molecule has 0 spiro atoms. The Kier molecular flexibility index (Phi) is 5.12. The molecule has 0 aliphatic carbocycles. The van der Waals surface area contributed by atoms with Crippen LogP contribution in [0.15, 0.2) is 60.7 Å². The van der Waals surface area contributed by atoms with E-state index >= 15 is 0 Å². The average molecular weight is 460 g/mol. The lowest BCUT2D eigenvalue weighted by atomic mass is 9.93. The Balaban J connectivity index is 2.12. The van der Waals surface area contributed by atoms with Crippen LogP contribution in [0.4, 0.5) is 13.2 Å². The number of para-hydroxylation sites is 1. The molecular weight excluding hydrogens is 441 g/mol. The van der Waals surface area contributed by atoms with E-state index in [9.17, 15) is 21.6 Å². The highest BCUT2D eigenvalue weighted by Crippen LogP contribution is 2.41. The predicted molar refractivity (Wildman–Crippen MR) is 117 cm³/mol. The third-order valence-corrected chi connectivity index (χ3v) is 5.85. The van der Waals surface area contributed by atoms with Gasteiger partial charge in [-0.05, 0) is 22.9 Å². The summed E-state index contributed by atoms with van der Waals surface area (Å²) in [5.74, 6) is 0.00787. The predicted octanol–water partition coefficient (Wildman–Crippen LogP) is 5.98. The first-order chi connectivity index (χ1) is 14.9. The molecule has 0 atom stereocenters. The third kappa shape index (κ3) is 3.88. The molecule has 4 aromatic rings. The summed E-state index contributed by atoms with van der Waals surface area (Å²) in [5.41, 5.74) is -5.01. The highest BCUT2D eigenvalue weighted by Gasteiger charge is 2.49. The zero-order chi connectivity index (χ0) is 23.3. The Labute approximate surface area is 183 Å². The van der Waals surface area contributed by atoms with E-state index in [1.807, 2.05) is 20.8 Å². The number of halogens is 3. The van der Waals surface area contributed by atoms with Crippen molar-refractivity contribution in [2.45, 2.75) is 31.7 Å². The minimum atomic E-state index is -5.89. The first kappa shape index (κ1) is 22.0. The van der Waals surface area contributed by atoms with Crippen LogP contribution in [0.2, 0.25) is 0 Å². The maximum absolute atomic E-state index is 13.1. The number of benzene rings is 3. The van der Waals surface area contributed by atoms with Crippen molar-refractivity contribution in [3.8, 4) is 17.0 Å². The number of rotatable bonds is 3. The van der Waals surface area contributed by atoms with E-state index < -0.39 is 26.8 Å². The second-order valence-corrected chi connectivity index (χ2v) is 9.84. The fraction of sp³-hybridized carbons (Fsp3) is 0.217. The molecule has 0 aliphatic heterocycles. The normalized spacial score (nSPS) is 12.9. The molecule has 1 heterocycles. The SMILES string of the molecule is CC(C)(C)c1nc(-c2c(OS(=O)(=O)C(F)(F)F)ccc3ccccc23)c2ccccc2n1. The Bertz CT molecular complexity index is 1440. The molecule has 0 N–H and O–H groups in total. The summed E-state index contributed by atoms with van der Waals surface area (Å²) in [6, 6.07) is 16.7. The molecule has 9 heteroatoms. The summed E-state index contributed by atoms with van der Waals surface area (Å²) in [7, 11) is -5.89. The van der Waals surface area contributed by atoms with Crippen molar-refractivity contribution in [2.24, 2.45) is 0 Å². The summed E-state index contributed by atoms with van der Waals surface area (Å²) in [5, 5.41) is 1.76. The lowest BCUT2D eigenvalue weighted by Gasteiger charge is -2.20. The zero-order valence-corrected chi connectivity index (χ0v) is 18.3. The van der Waals surface area contributed by atoms with E-state index in [4.69, 9.17) is 0 Å². The zero-order valence-electron chi connectivity index (χ0n) is 17.4. The molecule has 0 saturated carbocycles. The van der Waals surface area contributed by atoms with Crippen LogP contribution in [0.5, 0.6) is 5.75 Å². The summed E-state index contributed by atoms with van der Waals surface area (Å²) in [6.45, 7) is 5.74. The topological polar surface area (TPSA) is 69.2 Å². The fourth-order valence-corrected chi connectivity index (χ4v) is 3.80. The van der Waals surface area contributed by atoms with Crippen LogP contribution < -0.4 is 4.18 Å². The van der Waals surface area contributed by atoms with E-state index in [1.165, 1.54) is 12.1 Å². The summed E-state index contributed by atoms with van der Waals surface area (Å²) in [6.07, 6.45) is 0. The van der Waals surface area contributed by atoms with Gasteiger partial charge >= 0.3 is 15.6 Å². The molecule has 5 nitrogen and oxygen atoms in total. The van der Waals surface area contributed by atoms with E-state index in [0.717, 1.165) is 0 Å². The number of hydrogen-bond acceptors (Lipinski definition) is 5. The molecule has 0 saturated heterocycles. The molecule has 0 bridgehead atoms. The van der Waals surface area contributed by atoms with E-state index in [1.54, 1.807) is 48.5 Å². The highest BCUT2D eigenvalue weighted by atomic mass is 32.2. The first-order valence-corrected chi connectivity index (χ1v) is 11.1. The van der Waals surface area contributed by atoms with Gasteiger partial charge in [-0.3, -0.25) is 0 Å². The lowest BCUT2D eigenvalue weighted by Crippen LogP contribution is -2.28. The molecule has 0 amide bonds. The molecule has 4 rings (SSSR count). The largest absolute Gasteiger partial charge is 0.534 e. The quantitative estimate of drug-likeness (QED) is 0.278. The van der Waals surface area contributed by atoms with Crippen LogP contribution in [-0.4, -0.2) is 23.9 Å². The minimum absolute atomic E-state index is 0.153. The number of aromatic nitrogens is 2. The van der Waals surface area contributed by atoms with Crippen molar-refractivity contribution in [1.29, 1.82) is 0 Å². The van der Waals surface area contributed by atoms with Gasteiger partial charge in [-0.25, -0.2) is 9.97 Å². The maximum Gasteiger partial charge on any atom is 0.534 e. The van der Waals surface area contributed by atoms with Gasteiger partial charge in [-0.1, -0.05) is 69.3 Å². The standard InChI is InChI=1S/C23H19F3N2O3S/c1-22(2,3)21-27-17-11-7-6-10-16(17)20(28-21)19-15-9-5-4-8-14(15)12-13-18(19)31-32(29,30)23(24,25)26/h4-13H,1-3H3. The van der Waals surface area contributed by atoms with Gasteiger partial charge in [0.1, 0.15) is 5.82 Å². The van der Waals surface area contributed by atoms with Crippen LogP contribution in [0, 0.1) is 0 Å². The molecule has 1 aromatic heterocycles. The number of alkyl halides is 3. The van der Waals surface area contributed by atoms with E-state index in [2.05, 4.69) is 14.2 Å². The molecule has 3 aromatic carbocycles. The van der Waals surface area contributed by atoms with Gasteiger partial charge in [-0.15, -0.1) is 0 Å². The summed E-state index contributed by atoms with van der Waals surface area (Å²) >= 11 is 0. The highest BCUT2D eigenvalue weighted by molar-refractivity contribution is 7.88. The Morgan fingerprint density at radius 2 is 1.44 bits per heavy atom. The van der Waals surface area contributed by atoms with Crippen LogP contribution in [0.3, 0.4) is 0 Å². The molecule has 166 valence electrons. The van der Waals surface area contributed by atoms with Crippen molar-refractivity contribution >= 4 is 31.8 Å². The third-order valence-electron chi connectivity index (χ3n) is 4.88. The smallest absolute Gasteiger partial charge is 0.375 e. The van der Waals surface area contributed by atoms with Crippen LogP contribution in [0.25, 0.3) is 32.9 Å². The minimum Gasteiger partial charge on any atom is -0.375 e. The molecule has 0 unspecified atom stereocenters. The van der Waals surface area contributed by atoms with Crippen molar-refractivity contribution < 1.29 is 25.8 Å². The van der Waals surface area contributed by atoms with Crippen molar-refractivity contribution in [3.05, 3.63) is 66.5 Å². The van der Waals surface area contributed by atoms with Gasteiger partial charge in [0.05, 0.1) is 16.8 Å². The number of hydrogen-bond donors (Lipinski definition) is 0. The summed E-state index contributed by atoms with van der Waals surface area (Å²) in [4.78, 5) is 9.28. The first-order valence-electron chi connectivity index (χ1n) is 9.69. The average Bonchev–Trinajstić information content (AvgIpc) is 2.71. The Hall–Kier alpha value is -3.20. The van der Waals surface area contributed by atoms with Gasteiger partial charge in [0, 0.05) is 10.8 Å².